The number of nitrogens with zero attached hydrogens (tertiary/aromatic N) is 1. The standard InChI is InChI=1S/C28H28N2O2/c1-22-12-15-26(25(20-22)14-13-23-8-4-2-5-9-23)29-27(24-10-6-3-7-11-24)21-28(31)30-16-18-32-19-17-30/h2-15,20-21,29H,16-19H2,1H3/b14-13+,27-21-. The number of nitrogens with one attached hydrogen (secondary N) is 1. The number of ether oxygens (including phenoxy) is 1. The predicted molar refractivity (Wildman–Crippen MR) is 132 cm³/mol. The third-order valence-corrected chi connectivity index (χ3v) is 5.41. The minimum Gasteiger partial charge on any atom is -0.378 e. The third-order valence-electron chi connectivity index (χ3n) is 5.41. The van der Waals surface area contributed by atoms with Crippen molar-refractivity contribution < 1.29 is 9.53 Å². The molecular weight excluding hydrogens is 396 g/mol. The fraction of sp³-hybridized carbons (Fsp3) is 0.179. The molecule has 4 rings (SSSR count). The van der Waals surface area contributed by atoms with Crippen LogP contribution in [0.3, 0.4) is 0 Å². The van der Waals surface area contributed by atoms with E-state index < -0.39 is 0 Å². The molecule has 0 bridgehead atoms. The smallest absolute Gasteiger partial charge is 0.248 e. The fourth-order valence-electron chi connectivity index (χ4n) is 3.64. The number of hydrogen-bond acceptors (Lipinski definition) is 3. The van der Waals surface area contributed by atoms with Crippen molar-refractivity contribution >= 4 is 29.4 Å². The Morgan fingerprint density at radius 3 is 2.31 bits per heavy atom. The van der Waals surface area contributed by atoms with Gasteiger partial charge >= 0.3 is 0 Å². The Balaban J connectivity index is 1.65. The number of hydrogen-bond donors (Lipinski definition) is 1. The van der Waals surface area contributed by atoms with E-state index in [2.05, 4.69) is 54.7 Å². The lowest BCUT2D eigenvalue weighted by molar-refractivity contribution is -0.129. The molecule has 32 heavy (non-hydrogen) atoms. The van der Waals surface area contributed by atoms with Gasteiger partial charge in [0.25, 0.3) is 0 Å². The Kier molecular flexibility index (Phi) is 7.15. The highest BCUT2D eigenvalue weighted by Crippen LogP contribution is 2.25. The van der Waals surface area contributed by atoms with Crippen LogP contribution in [0.5, 0.6) is 0 Å². The molecule has 1 aliphatic heterocycles. The van der Waals surface area contributed by atoms with Gasteiger partial charge in [0, 0.05) is 24.9 Å². The molecule has 4 nitrogen and oxygen atoms in total. The van der Waals surface area contributed by atoms with Crippen molar-refractivity contribution in [2.24, 2.45) is 0 Å². The number of anilines is 1. The van der Waals surface area contributed by atoms with Crippen LogP contribution in [-0.4, -0.2) is 37.1 Å². The number of carbonyl (C=O) groups excluding carboxylic acids is 1. The molecule has 0 aromatic heterocycles. The zero-order valence-corrected chi connectivity index (χ0v) is 18.3. The first-order valence-electron chi connectivity index (χ1n) is 10.9. The molecule has 0 saturated carbocycles. The summed E-state index contributed by atoms with van der Waals surface area (Å²) in [5.41, 5.74) is 6.08. The number of amides is 1. The Hall–Kier alpha value is -3.63. The number of morpholine rings is 1. The molecule has 3 aromatic rings. The van der Waals surface area contributed by atoms with Gasteiger partial charge in [-0.2, -0.15) is 0 Å². The molecule has 4 heteroatoms. The molecule has 1 saturated heterocycles. The van der Waals surface area contributed by atoms with Crippen LogP contribution < -0.4 is 5.32 Å². The molecule has 3 aromatic carbocycles. The number of aryl methyl sites for hydroxylation is 1. The topological polar surface area (TPSA) is 41.6 Å². The molecule has 1 amide bonds. The minimum atomic E-state index is -0.00635. The maximum Gasteiger partial charge on any atom is 0.248 e. The summed E-state index contributed by atoms with van der Waals surface area (Å²) < 4.78 is 5.39. The van der Waals surface area contributed by atoms with E-state index in [9.17, 15) is 4.79 Å². The lowest BCUT2D eigenvalue weighted by atomic mass is 10.1. The van der Waals surface area contributed by atoms with E-state index in [0.29, 0.717) is 26.3 Å². The molecular formula is C28H28N2O2. The largest absolute Gasteiger partial charge is 0.378 e. The molecule has 162 valence electrons. The maximum atomic E-state index is 13.0. The summed E-state index contributed by atoms with van der Waals surface area (Å²) in [6.07, 6.45) is 5.91. The SMILES string of the molecule is Cc1ccc(N/C(=C\C(=O)N2CCOCC2)c2ccccc2)c(/C=C/c2ccccc2)c1. The first-order chi connectivity index (χ1) is 15.7. The highest BCUT2D eigenvalue weighted by Gasteiger charge is 2.16. The van der Waals surface area contributed by atoms with Crippen molar-refractivity contribution in [1.29, 1.82) is 0 Å². The Bertz CT molecular complexity index is 1100. The van der Waals surface area contributed by atoms with Crippen LogP contribution in [0.1, 0.15) is 22.3 Å². The van der Waals surface area contributed by atoms with Crippen LogP contribution in [-0.2, 0) is 9.53 Å². The molecule has 1 aliphatic rings. The first-order valence-corrected chi connectivity index (χ1v) is 10.9. The van der Waals surface area contributed by atoms with E-state index in [4.69, 9.17) is 4.74 Å². The first kappa shape index (κ1) is 21.6. The van der Waals surface area contributed by atoms with Crippen LogP contribution >= 0.6 is 0 Å². The highest BCUT2D eigenvalue weighted by molar-refractivity contribution is 5.98. The van der Waals surface area contributed by atoms with E-state index in [0.717, 1.165) is 28.1 Å². The van der Waals surface area contributed by atoms with E-state index in [-0.39, 0.29) is 5.91 Å². The van der Waals surface area contributed by atoms with Crippen molar-refractivity contribution in [1.82, 2.24) is 4.90 Å². The molecule has 0 spiro atoms. The maximum absolute atomic E-state index is 13.0. The van der Waals surface area contributed by atoms with Gasteiger partial charge in [0.2, 0.25) is 5.91 Å². The van der Waals surface area contributed by atoms with Gasteiger partial charge < -0.3 is 15.0 Å². The van der Waals surface area contributed by atoms with Crippen molar-refractivity contribution in [3.63, 3.8) is 0 Å². The van der Waals surface area contributed by atoms with Crippen LogP contribution in [0.25, 0.3) is 17.8 Å². The average molecular weight is 425 g/mol. The summed E-state index contributed by atoms with van der Waals surface area (Å²) in [6, 6.07) is 26.5. The van der Waals surface area contributed by atoms with Crippen LogP contribution in [0.15, 0.2) is 84.9 Å². The summed E-state index contributed by atoms with van der Waals surface area (Å²) in [6.45, 7) is 4.49. The lowest BCUT2D eigenvalue weighted by Gasteiger charge is -2.26. The van der Waals surface area contributed by atoms with Crippen molar-refractivity contribution in [3.05, 3.63) is 107 Å². The van der Waals surface area contributed by atoms with Crippen molar-refractivity contribution in [2.75, 3.05) is 31.6 Å². The van der Waals surface area contributed by atoms with Gasteiger partial charge in [-0.1, -0.05) is 84.4 Å². The van der Waals surface area contributed by atoms with Gasteiger partial charge in [-0.05, 0) is 35.7 Å². The Labute approximate surface area is 189 Å². The second kappa shape index (κ2) is 10.6. The quantitative estimate of drug-likeness (QED) is 0.421. The number of rotatable bonds is 6. The van der Waals surface area contributed by atoms with Gasteiger partial charge in [0.1, 0.15) is 0 Å². The molecule has 0 unspecified atom stereocenters. The molecule has 1 heterocycles. The van der Waals surface area contributed by atoms with Gasteiger partial charge in [-0.25, -0.2) is 0 Å². The lowest BCUT2D eigenvalue weighted by Crippen LogP contribution is -2.40. The van der Waals surface area contributed by atoms with Crippen LogP contribution in [0, 0.1) is 6.92 Å². The summed E-state index contributed by atoms with van der Waals surface area (Å²) in [5.74, 6) is -0.00635. The minimum absolute atomic E-state index is 0.00635. The van der Waals surface area contributed by atoms with E-state index in [1.807, 2.05) is 53.4 Å². The van der Waals surface area contributed by atoms with Crippen molar-refractivity contribution in [3.8, 4) is 0 Å². The second-order valence-corrected chi connectivity index (χ2v) is 7.82. The van der Waals surface area contributed by atoms with Crippen LogP contribution in [0.2, 0.25) is 0 Å². The summed E-state index contributed by atoms with van der Waals surface area (Å²) in [5, 5.41) is 3.53. The molecule has 0 aliphatic carbocycles. The average Bonchev–Trinajstić information content (AvgIpc) is 2.85. The molecule has 1 fully saturated rings. The van der Waals surface area contributed by atoms with Gasteiger partial charge in [0.15, 0.2) is 0 Å². The third kappa shape index (κ3) is 5.74. The van der Waals surface area contributed by atoms with Crippen LogP contribution in [0.4, 0.5) is 5.69 Å². The second-order valence-electron chi connectivity index (χ2n) is 7.82. The predicted octanol–water partition coefficient (Wildman–Crippen LogP) is 5.48. The van der Waals surface area contributed by atoms with Crippen molar-refractivity contribution in [2.45, 2.75) is 6.92 Å². The Morgan fingerprint density at radius 2 is 1.59 bits per heavy atom. The summed E-state index contributed by atoms with van der Waals surface area (Å²) >= 11 is 0. The van der Waals surface area contributed by atoms with Gasteiger partial charge in [-0.15, -0.1) is 0 Å². The molecule has 1 N–H and O–H groups in total. The monoisotopic (exact) mass is 424 g/mol. The van der Waals surface area contributed by atoms with E-state index >= 15 is 0 Å². The zero-order chi connectivity index (χ0) is 22.2. The Morgan fingerprint density at radius 1 is 0.906 bits per heavy atom. The highest BCUT2D eigenvalue weighted by atomic mass is 16.5. The van der Waals surface area contributed by atoms with Gasteiger partial charge in [-0.3, -0.25) is 4.79 Å². The summed E-state index contributed by atoms with van der Waals surface area (Å²) in [4.78, 5) is 14.8. The molecule has 0 atom stereocenters. The number of carbonyl (C=O) groups is 1. The normalized spacial score (nSPS) is 14.5. The summed E-state index contributed by atoms with van der Waals surface area (Å²) in [7, 11) is 0. The zero-order valence-electron chi connectivity index (χ0n) is 18.3. The number of benzene rings is 3. The van der Waals surface area contributed by atoms with E-state index in [1.54, 1.807) is 6.08 Å². The fourth-order valence-corrected chi connectivity index (χ4v) is 3.64. The molecule has 0 radical (unpaired) electrons. The van der Waals surface area contributed by atoms with Gasteiger partial charge in [0.05, 0.1) is 18.9 Å². The van der Waals surface area contributed by atoms with E-state index in [1.165, 1.54) is 5.56 Å².